The molecule has 0 aromatic heterocycles. The molecule has 0 aromatic carbocycles. The largest absolute Gasteiger partial charge is 0.466 e. The second kappa shape index (κ2) is 3.95. The quantitative estimate of drug-likeness (QED) is 0.526. The molecule has 2 fully saturated rings. The summed E-state index contributed by atoms with van der Waals surface area (Å²) in [5.74, 6) is 1.18. The van der Waals surface area contributed by atoms with Gasteiger partial charge in [-0.3, -0.25) is 4.79 Å². The number of hydrogen-bond acceptors (Lipinski definition) is 3. The summed E-state index contributed by atoms with van der Waals surface area (Å²) in [6.45, 7) is 2.20. The van der Waals surface area contributed by atoms with E-state index >= 15 is 0 Å². The molecule has 0 unspecified atom stereocenters. The molecule has 0 amide bonds. The molecule has 3 atom stereocenters. The predicted octanol–water partition coefficient (Wildman–Crippen LogP) is 1.94. The highest BCUT2D eigenvalue weighted by atomic mass is 16.5. The first kappa shape index (κ1) is 10.7. The second-order valence-electron chi connectivity index (χ2n) is 4.97. The Morgan fingerprint density at radius 2 is 2.00 bits per heavy atom. The van der Waals surface area contributed by atoms with E-state index in [1.807, 2.05) is 0 Å². The van der Waals surface area contributed by atoms with Crippen LogP contribution in [0.2, 0.25) is 0 Å². The minimum atomic E-state index is -0.391. The van der Waals surface area contributed by atoms with Crippen molar-refractivity contribution in [1.29, 1.82) is 0 Å². The molecule has 84 valence electrons. The number of esters is 1. The molecular formula is C12H18O3. The number of carbonyl (C=O) groups excluding carboxylic acids is 2. The van der Waals surface area contributed by atoms with Crippen LogP contribution >= 0.6 is 0 Å². The van der Waals surface area contributed by atoms with Crippen LogP contribution in [0.25, 0.3) is 0 Å². The van der Waals surface area contributed by atoms with Gasteiger partial charge in [-0.25, -0.2) is 0 Å². The van der Waals surface area contributed by atoms with Crippen molar-refractivity contribution in [2.24, 2.45) is 17.3 Å². The van der Waals surface area contributed by atoms with E-state index in [0.29, 0.717) is 18.4 Å². The Morgan fingerprint density at radius 1 is 1.40 bits per heavy atom. The van der Waals surface area contributed by atoms with Gasteiger partial charge < -0.3 is 9.53 Å². The molecule has 3 heteroatoms. The number of fused-ring (bicyclic) bond motifs is 1. The summed E-state index contributed by atoms with van der Waals surface area (Å²) in [7, 11) is 0. The van der Waals surface area contributed by atoms with Crippen LogP contribution in [0.1, 0.15) is 39.0 Å². The number of aldehydes is 1. The Balaban J connectivity index is 1.97. The van der Waals surface area contributed by atoms with Crippen molar-refractivity contribution in [2.75, 3.05) is 6.61 Å². The Hall–Kier alpha value is -0.860. The zero-order chi connectivity index (χ0) is 10.9. The number of ether oxygens (including phenoxy) is 1. The number of carbonyl (C=O) groups is 2. The minimum Gasteiger partial charge on any atom is -0.466 e. The molecule has 2 rings (SSSR count). The lowest BCUT2D eigenvalue weighted by atomic mass is 9.77. The second-order valence-corrected chi connectivity index (χ2v) is 4.97. The monoisotopic (exact) mass is 210 g/mol. The van der Waals surface area contributed by atoms with Crippen molar-refractivity contribution in [3.05, 3.63) is 0 Å². The third-order valence-electron chi connectivity index (χ3n) is 3.96. The maximum Gasteiger partial charge on any atom is 0.306 e. The van der Waals surface area contributed by atoms with E-state index in [1.165, 1.54) is 12.8 Å². The topological polar surface area (TPSA) is 43.4 Å². The van der Waals surface area contributed by atoms with Crippen molar-refractivity contribution in [2.45, 2.75) is 39.0 Å². The lowest BCUT2D eigenvalue weighted by molar-refractivity contribution is -0.147. The Bertz CT molecular complexity index is 260. The summed E-state index contributed by atoms with van der Waals surface area (Å²) in [6, 6.07) is 0. The van der Waals surface area contributed by atoms with Gasteiger partial charge in [-0.15, -0.1) is 0 Å². The molecule has 0 saturated heterocycles. The summed E-state index contributed by atoms with van der Waals surface area (Å²) in [5, 5.41) is 0. The van der Waals surface area contributed by atoms with Gasteiger partial charge in [0.15, 0.2) is 0 Å². The standard InChI is InChI=1S/C12H18O3/c1-2-15-11(14)7-12(8-13)5-9-3-4-10(9)6-12/h8-10H,2-7H2,1H3/t9-,10+,12-. The first-order valence-electron chi connectivity index (χ1n) is 5.81. The van der Waals surface area contributed by atoms with E-state index in [0.717, 1.165) is 19.1 Å². The molecule has 0 heterocycles. The highest BCUT2D eigenvalue weighted by Gasteiger charge is 2.50. The summed E-state index contributed by atoms with van der Waals surface area (Å²) in [5.41, 5.74) is -0.391. The molecule has 0 spiro atoms. The normalized spacial score (nSPS) is 37.9. The van der Waals surface area contributed by atoms with Gasteiger partial charge in [0.05, 0.1) is 13.0 Å². The fraction of sp³-hybridized carbons (Fsp3) is 0.833. The first-order valence-corrected chi connectivity index (χ1v) is 5.81. The smallest absolute Gasteiger partial charge is 0.306 e. The highest BCUT2D eigenvalue weighted by Crippen LogP contribution is 2.55. The average molecular weight is 210 g/mol. The zero-order valence-corrected chi connectivity index (χ0v) is 9.20. The Kier molecular flexibility index (Phi) is 2.81. The predicted molar refractivity (Wildman–Crippen MR) is 55.2 cm³/mol. The summed E-state index contributed by atoms with van der Waals surface area (Å²) in [6.07, 6.45) is 5.58. The van der Waals surface area contributed by atoms with E-state index in [9.17, 15) is 9.59 Å². The van der Waals surface area contributed by atoms with Crippen molar-refractivity contribution >= 4 is 12.3 Å². The fourth-order valence-electron chi connectivity index (χ4n) is 3.08. The third kappa shape index (κ3) is 1.92. The van der Waals surface area contributed by atoms with Gasteiger partial charge in [0.1, 0.15) is 6.29 Å². The van der Waals surface area contributed by atoms with E-state index in [1.54, 1.807) is 6.92 Å². The molecule has 0 aliphatic heterocycles. The van der Waals surface area contributed by atoms with Crippen molar-refractivity contribution in [3.8, 4) is 0 Å². The van der Waals surface area contributed by atoms with E-state index in [4.69, 9.17) is 4.74 Å². The Morgan fingerprint density at radius 3 is 2.40 bits per heavy atom. The zero-order valence-electron chi connectivity index (χ0n) is 9.20. The van der Waals surface area contributed by atoms with E-state index in [-0.39, 0.29) is 12.4 Å². The van der Waals surface area contributed by atoms with E-state index < -0.39 is 5.41 Å². The van der Waals surface area contributed by atoms with Crippen LogP contribution in [0, 0.1) is 17.3 Å². The summed E-state index contributed by atoms with van der Waals surface area (Å²) in [4.78, 5) is 22.6. The highest BCUT2D eigenvalue weighted by molar-refractivity contribution is 5.76. The van der Waals surface area contributed by atoms with Crippen LogP contribution in [0.5, 0.6) is 0 Å². The van der Waals surface area contributed by atoms with Crippen LogP contribution in [-0.2, 0) is 14.3 Å². The van der Waals surface area contributed by atoms with Gasteiger partial charge in [0.2, 0.25) is 0 Å². The lowest BCUT2D eigenvalue weighted by Crippen LogP contribution is -2.24. The van der Waals surface area contributed by atoms with Gasteiger partial charge in [0.25, 0.3) is 0 Å². The SMILES string of the molecule is CCOC(=O)C[C@@]1(C=O)C[C@H]2CC[C@H]2C1. The van der Waals surface area contributed by atoms with Crippen molar-refractivity contribution < 1.29 is 14.3 Å². The minimum absolute atomic E-state index is 0.217. The summed E-state index contributed by atoms with van der Waals surface area (Å²) >= 11 is 0. The van der Waals surface area contributed by atoms with Gasteiger partial charge in [-0.2, -0.15) is 0 Å². The van der Waals surface area contributed by atoms with Crippen LogP contribution in [0.4, 0.5) is 0 Å². The summed E-state index contributed by atoms with van der Waals surface area (Å²) < 4.78 is 4.92. The lowest BCUT2D eigenvalue weighted by Gasteiger charge is -2.29. The van der Waals surface area contributed by atoms with Crippen LogP contribution < -0.4 is 0 Å². The molecule has 0 radical (unpaired) electrons. The van der Waals surface area contributed by atoms with Crippen LogP contribution in [-0.4, -0.2) is 18.9 Å². The molecule has 2 saturated carbocycles. The van der Waals surface area contributed by atoms with Crippen LogP contribution in [0.15, 0.2) is 0 Å². The van der Waals surface area contributed by atoms with Gasteiger partial charge in [-0.05, 0) is 44.4 Å². The Labute approximate surface area is 90.2 Å². The average Bonchev–Trinajstić information content (AvgIpc) is 2.43. The fourth-order valence-corrected chi connectivity index (χ4v) is 3.08. The molecular weight excluding hydrogens is 192 g/mol. The van der Waals surface area contributed by atoms with E-state index in [2.05, 4.69) is 0 Å². The van der Waals surface area contributed by atoms with Crippen molar-refractivity contribution in [3.63, 3.8) is 0 Å². The van der Waals surface area contributed by atoms with Gasteiger partial charge in [0, 0.05) is 5.41 Å². The molecule has 2 aliphatic carbocycles. The molecule has 3 nitrogen and oxygen atoms in total. The van der Waals surface area contributed by atoms with Gasteiger partial charge in [-0.1, -0.05) is 0 Å². The van der Waals surface area contributed by atoms with Crippen molar-refractivity contribution in [1.82, 2.24) is 0 Å². The number of hydrogen-bond donors (Lipinski definition) is 0. The molecule has 15 heavy (non-hydrogen) atoms. The van der Waals surface area contributed by atoms with Crippen LogP contribution in [0.3, 0.4) is 0 Å². The number of rotatable bonds is 4. The third-order valence-corrected chi connectivity index (χ3v) is 3.96. The maximum atomic E-state index is 11.4. The molecule has 2 aliphatic rings. The molecule has 0 N–H and O–H groups in total. The molecule has 0 aromatic rings. The molecule has 0 bridgehead atoms. The maximum absolute atomic E-state index is 11.4. The van der Waals surface area contributed by atoms with Gasteiger partial charge >= 0.3 is 5.97 Å². The first-order chi connectivity index (χ1) is 7.19.